The summed E-state index contributed by atoms with van der Waals surface area (Å²) in [7, 11) is 0. The lowest BCUT2D eigenvalue weighted by atomic mass is 9.84. The molecule has 0 spiro atoms. The average molecular weight is 198 g/mol. The molecule has 0 unspecified atom stereocenters. The standard InChI is InChI=1S/C10H14O4/c1-6-3-8(4-6)14-9(11)5-7(2)10(12)13/h6,8H,2-5H2,1H3,(H,12,13). The summed E-state index contributed by atoms with van der Waals surface area (Å²) in [6.07, 6.45) is 1.52. The fraction of sp³-hybridized carbons (Fsp3) is 0.600. The Labute approximate surface area is 82.6 Å². The first-order chi connectivity index (χ1) is 6.49. The van der Waals surface area contributed by atoms with Crippen LogP contribution < -0.4 is 0 Å². The Morgan fingerprint density at radius 3 is 2.50 bits per heavy atom. The SMILES string of the molecule is C=C(CC(=O)OC1CC(C)C1)C(=O)O. The zero-order valence-electron chi connectivity index (χ0n) is 8.16. The summed E-state index contributed by atoms with van der Waals surface area (Å²) in [6.45, 7) is 5.34. The molecular weight excluding hydrogens is 184 g/mol. The number of rotatable bonds is 4. The van der Waals surface area contributed by atoms with E-state index >= 15 is 0 Å². The summed E-state index contributed by atoms with van der Waals surface area (Å²) < 4.78 is 5.01. The Morgan fingerprint density at radius 1 is 1.50 bits per heavy atom. The minimum atomic E-state index is -1.15. The van der Waals surface area contributed by atoms with Gasteiger partial charge in [-0.05, 0) is 18.8 Å². The van der Waals surface area contributed by atoms with Crippen molar-refractivity contribution in [3.8, 4) is 0 Å². The van der Waals surface area contributed by atoms with Crippen LogP contribution in [0.5, 0.6) is 0 Å². The van der Waals surface area contributed by atoms with E-state index in [2.05, 4.69) is 13.5 Å². The molecule has 0 bridgehead atoms. The van der Waals surface area contributed by atoms with Gasteiger partial charge in [0.1, 0.15) is 6.10 Å². The molecule has 1 aliphatic carbocycles. The molecule has 4 nitrogen and oxygen atoms in total. The van der Waals surface area contributed by atoms with Crippen LogP contribution in [0, 0.1) is 5.92 Å². The lowest BCUT2D eigenvalue weighted by Gasteiger charge is -2.31. The Kier molecular flexibility index (Phi) is 3.28. The van der Waals surface area contributed by atoms with Crippen LogP contribution in [0.3, 0.4) is 0 Å². The van der Waals surface area contributed by atoms with Crippen LogP contribution in [0.4, 0.5) is 0 Å². The number of hydrogen-bond acceptors (Lipinski definition) is 3. The first kappa shape index (κ1) is 10.8. The zero-order valence-corrected chi connectivity index (χ0v) is 8.16. The molecule has 0 aromatic rings. The quantitative estimate of drug-likeness (QED) is 0.547. The van der Waals surface area contributed by atoms with E-state index < -0.39 is 11.9 Å². The van der Waals surface area contributed by atoms with E-state index in [9.17, 15) is 9.59 Å². The smallest absolute Gasteiger partial charge is 0.331 e. The van der Waals surface area contributed by atoms with Gasteiger partial charge < -0.3 is 9.84 Å². The summed E-state index contributed by atoms with van der Waals surface area (Å²) in [4.78, 5) is 21.5. The molecular formula is C10H14O4. The minimum Gasteiger partial charge on any atom is -0.478 e. The number of carboxylic acid groups (broad SMARTS) is 1. The van der Waals surface area contributed by atoms with Crippen LogP contribution >= 0.6 is 0 Å². The Hall–Kier alpha value is -1.32. The van der Waals surface area contributed by atoms with E-state index in [1.165, 1.54) is 0 Å². The van der Waals surface area contributed by atoms with Crippen molar-refractivity contribution in [3.05, 3.63) is 12.2 Å². The van der Waals surface area contributed by atoms with E-state index in [1.54, 1.807) is 0 Å². The van der Waals surface area contributed by atoms with Crippen LogP contribution in [0.15, 0.2) is 12.2 Å². The molecule has 78 valence electrons. The molecule has 0 aromatic carbocycles. The summed E-state index contributed by atoms with van der Waals surface area (Å²) in [5, 5.41) is 8.47. The molecule has 4 heteroatoms. The predicted molar refractivity (Wildman–Crippen MR) is 49.7 cm³/mol. The second-order valence-electron chi connectivity index (χ2n) is 3.77. The van der Waals surface area contributed by atoms with E-state index in [0.717, 1.165) is 12.8 Å². The number of aliphatic carboxylic acids is 1. The summed E-state index contributed by atoms with van der Waals surface area (Å²) >= 11 is 0. The maximum absolute atomic E-state index is 11.1. The van der Waals surface area contributed by atoms with Crippen LogP contribution in [-0.4, -0.2) is 23.1 Å². The molecule has 1 saturated carbocycles. The molecule has 1 aliphatic rings. The Bertz CT molecular complexity index is 263. The first-order valence-corrected chi connectivity index (χ1v) is 4.59. The van der Waals surface area contributed by atoms with E-state index in [1.807, 2.05) is 0 Å². The largest absolute Gasteiger partial charge is 0.478 e. The van der Waals surface area contributed by atoms with Gasteiger partial charge >= 0.3 is 11.9 Å². The minimum absolute atomic E-state index is 0.0147. The van der Waals surface area contributed by atoms with Gasteiger partial charge in [0.15, 0.2) is 0 Å². The molecule has 0 amide bonds. The second-order valence-corrected chi connectivity index (χ2v) is 3.77. The molecule has 0 radical (unpaired) electrons. The maximum atomic E-state index is 11.1. The van der Waals surface area contributed by atoms with Crippen molar-refractivity contribution in [1.29, 1.82) is 0 Å². The van der Waals surface area contributed by atoms with Crippen molar-refractivity contribution in [2.45, 2.75) is 32.3 Å². The van der Waals surface area contributed by atoms with E-state index in [4.69, 9.17) is 9.84 Å². The van der Waals surface area contributed by atoms with E-state index in [-0.39, 0.29) is 18.1 Å². The van der Waals surface area contributed by atoms with E-state index in [0.29, 0.717) is 5.92 Å². The molecule has 14 heavy (non-hydrogen) atoms. The average Bonchev–Trinajstić information content (AvgIpc) is 2.01. The van der Waals surface area contributed by atoms with Crippen molar-refractivity contribution in [2.75, 3.05) is 0 Å². The van der Waals surface area contributed by atoms with Gasteiger partial charge in [0.2, 0.25) is 0 Å². The monoisotopic (exact) mass is 198 g/mol. The number of ether oxygens (including phenoxy) is 1. The molecule has 1 N–H and O–H groups in total. The highest BCUT2D eigenvalue weighted by Gasteiger charge is 2.28. The highest BCUT2D eigenvalue weighted by Crippen LogP contribution is 2.29. The second kappa shape index (κ2) is 4.26. The highest BCUT2D eigenvalue weighted by atomic mass is 16.5. The van der Waals surface area contributed by atoms with Crippen molar-refractivity contribution in [2.24, 2.45) is 5.92 Å². The summed E-state index contributed by atoms with van der Waals surface area (Å²) in [6, 6.07) is 0. The van der Waals surface area contributed by atoms with Gasteiger partial charge in [-0.3, -0.25) is 4.79 Å². The van der Waals surface area contributed by atoms with Gasteiger partial charge in [-0.15, -0.1) is 0 Å². The molecule has 1 rings (SSSR count). The fourth-order valence-corrected chi connectivity index (χ4v) is 1.40. The number of carbonyl (C=O) groups excluding carboxylic acids is 1. The number of carboxylic acids is 1. The van der Waals surface area contributed by atoms with Crippen LogP contribution in [0.2, 0.25) is 0 Å². The van der Waals surface area contributed by atoms with Gasteiger partial charge in [-0.25, -0.2) is 4.79 Å². The predicted octanol–water partition coefficient (Wildman–Crippen LogP) is 1.36. The lowest BCUT2D eigenvalue weighted by molar-refractivity contribution is -0.155. The third kappa shape index (κ3) is 2.87. The summed E-state index contributed by atoms with van der Waals surface area (Å²) in [5.74, 6) is -1.03. The number of hydrogen-bond donors (Lipinski definition) is 1. The topological polar surface area (TPSA) is 63.6 Å². The highest BCUT2D eigenvalue weighted by molar-refractivity contribution is 5.91. The van der Waals surface area contributed by atoms with Crippen molar-refractivity contribution < 1.29 is 19.4 Å². The van der Waals surface area contributed by atoms with Gasteiger partial charge in [0.25, 0.3) is 0 Å². The number of esters is 1. The normalized spacial score (nSPS) is 24.9. The van der Waals surface area contributed by atoms with Gasteiger partial charge in [-0.1, -0.05) is 13.5 Å². The third-order valence-electron chi connectivity index (χ3n) is 2.29. The van der Waals surface area contributed by atoms with Crippen LogP contribution in [0.1, 0.15) is 26.2 Å². The molecule has 0 aromatic heterocycles. The molecule has 0 heterocycles. The Morgan fingerprint density at radius 2 is 2.07 bits per heavy atom. The first-order valence-electron chi connectivity index (χ1n) is 4.59. The number of carbonyl (C=O) groups is 2. The lowest BCUT2D eigenvalue weighted by Crippen LogP contribution is -2.31. The van der Waals surface area contributed by atoms with Gasteiger partial charge in [0, 0.05) is 5.57 Å². The summed E-state index contributed by atoms with van der Waals surface area (Å²) in [5.41, 5.74) is -0.123. The van der Waals surface area contributed by atoms with Crippen molar-refractivity contribution in [1.82, 2.24) is 0 Å². The van der Waals surface area contributed by atoms with Gasteiger partial charge in [-0.2, -0.15) is 0 Å². The molecule has 0 atom stereocenters. The van der Waals surface area contributed by atoms with Crippen LogP contribution in [0.25, 0.3) is 0 Å². The van der Waals surface area contributed by atoms with Crippen molar-refractivity contribution >= 4 is 11.9 Å². The van der Waals surface area contributed by atoms with Crippen LogP contribution in [-0.2, 0) is 14.3 Å². The van der Waals surface area contributed by atoms with Gasteiger partial charge in [0.05, 0.1) is 6.42 Å². The zero-order chi connectivity index (χ0) is 10.7. The fourth-order valence-electron chi connectivity index (χ4n) is 1.40. The molecule has 1 fully saturated rings. The van der Waals surface area contributed by atoms with Crippen molar-refractivity contribution in [3.63, 3.8) is 0 Å². The Balaban J connectivity index is 2.23. The maximum Gasteiger partial charge on any atom is 0.331 e. The molecule has 0 saturated heterocycles. The third-order valence-corrected chi connectivity index (χ3v) is 2.29. The molecule has 0 aliphatic heterocycles.